The molecule has 0 spiro atoms. The number of methoxy groups -OCH3 is 2. The minimum Gasteiger partial charge on any atom is -0.480 e. The molecule has 0 bridgehead atoms. The van der Waals surface area contributed by atoms with Crippen molar-refractivity contribution in [3.63, 3.8) is 0 Å². The van der Waals surface area contributed by atoms with Gasteiger partial charge in [0.05, 0.1) is 38.9 Å². The molecule has 19 heavy (non-hydrogen) atoms. The molecule has 3 heterocycles. The zero-order valence-corrected chi connectivity index (χ0v) is 10.9. The van der Waals surface area contributed by atoms with E-state index in [9.17, 15) is 0 Å². The number of morpholine rings is 1. The van der Waals surface area contributed by atoms with Crippen LogP contribution in [-0.2, 0) is 4.74 Å². The quantitative estimate of drug-likeness (QED) is 0.846. The number of ether oxygens (including phenoxy) is 3. The van der Waals surface area contributed by atoms with Gasteiger partial charge >= 0.3 is 6.01 Å². The number of nitrogens with zero attached hydrogens (tertiary/aromatic N) is 2. The minimum absolute atomic E-state index is 0.119. The smallest absolute Gasteiger partial charge is 0.321 e. The Morgan fingerprint density at radius 3 is 2.89 bits per heavy atom. The maximum Gasteiger partial charge on any atom is 0.321 e. The molecule has 2 aromatic heterocycles. The normalized spacial score (nSPS) is 19.6. The fourth-order valence-corrected chi connectivity index (χ4v) is 2.28. The van der Waals surface area contributed by atoms with E-state index in [4.69, 9.17) is 14.2 Å². The van der Waals surface area contributed by atoms with Gasteiger partial charge in [0.25, 0.3) is 0 Å². The van der Waals surface area contributed by atoms with Crippen LogP contribution < -0.4 is 14.8 Å². The summed E-state index contributed by atoms with van der Waals surface area (Å²) in [4.78, 5) is 11.6. The SMILES string of the molecule is COc1nc(OC)c2c(C3COCCN3)c[nH]c2n1. The molecule has 2 aromatic rings. The van der Waals surface area contributed by atoms with Gasteiger partial charge in [-0.1, -0.05) is 0 Å². The molecule has 3 rings (SSSR count). The third-order valence-electron chi connectivity index (χ3n) is 3.18. The highest BCUT2D eigenvalue weighted by Gasteiger charge is 2.22. The van der Waals surface area contributed by atoms with Crippen molar-refractivity contribution in [1.82, 2.24) is 20.3 Å². The first-order valence-corrected chi connectivity index (χ1v) is 6.11. The van der Waals surface area contributed by atoms with Crippen LogP contribution in [0.1, 0.15) is 11.6 Å². The second kappa shape index (κ2) is 5.02. The molecule has 7 nitrogen and oxygen atoms in total. The van der Waals surface area contributed by atoms with Crippen molar-refractivity contribution in [3.05, 3.63) is 11.8 Å². The van der Waals surface area contributed by atoms with E-state index in [0.29, 0.717) is 18.1 Å². The monoisotopic (exact) mass is 264 g/mol. The van der Waals surface area contributed by atoms with Crippen molar-refractivity contribution < 1.29 is 14.2 Å². The summed E-state index contributed by atoms with van der Waals surface area (Å²) in [5, 5.41) is 4.27. The first kappa shape index (κ1) is 12.2. The molecular formula is C12H16N4O3. The third kappa shape index (κ3) is 2.11. The van der Waals surface area contributed by atoms with E-state index in [1.54, 1.807) is 7.11 Å². The molecule has 1 unspecified atom stereocenters. The van der Waals surface area contributed by atoms with Gasteiger partial charge in [-0.25, -0.2) is 0 Å². The molecule has 0 aliphatic carbocycles. The van der Waals surface area contributed by atoms with Crippen molar-refractivity contribution >= 4 is 11.0 Å². The zero-order chi connectivity index (χ0) is 13.2. The highest BCUT2D eigenvalue weighted by molar-refractivity contribution is 5.85. The number of hydrogen-bond donors (Lipinski definition) is 2. The van der Waals surface area contributed by atoms with Gasteiger partial charge < -0.3 is 24.5 Å². The van der Waals surface area contributed by atoms with Crippen LogP contribution in [0.5, 0.6) is 11.9 Å². The van der Waals surface area contributed by atoms with Crippen molar-refractivity contribution in [1.29, 1.82) is 0 Å². The largest absolute Gasteiger partial charge is 0.480 e. The maximum atomic E-state index is 5.49. The average molecular weight is 264 g/mol. The van der Waals surface area contributed by atoms with Crippen LogP contribution in [-0.4, -0.2) is 48.9 Å². The highest BCUT2D eigenvalue weighted by atomic mass is 16.5. The van der Waals surface area contributed by atoms with Crippen molar-refractivity contribution in [2.24, 2.45) is 0 Å². The van der Waals surface area contributed by atoms with Gasteiger partial charge in [0, 0.05) is 18.3 Å². The van der Waals surface area contributed by atoms with E-state index in [1.807, 2.05) is 6.20 Å². The van der Waals surface area contributed by atoms with Crippen LogP contribution in [0, 0.1) is 0 Å². The Bertz CT molecular complexity index is 578. The molecule has 1 aliphatic heterocycles. The first-order valence-electron chi connectivity index (χ1n) is 6.11. The van der Waals surface area contributed by atoms with Gasteiger partial charge in [-0.3, -0.25) is 0 Å². The van der Waals surface area contributed by atoms with Gasteiger partial charge in [-0.2, -0.15) is 9.97 Å². The van der Waals surface area contributed by atoms with Crippen LogP contribution in [0.25, 0.3) is 11.0 Å². The van der Waals surface area contributed by atoms with Crippen LogP contribution >= 0.6 is 0 Å². The molecule has 7 heteroatoms. The Morgan fingerprint density at radius 2 is 2.21 bits per heavy atom. The van der Waals surface area contributed by atoms with Gasteiger partial charge in [-0.05, 0) is 0 Å². The van der Waals surface area contributed by atoms with E-state index in [-0.39, 0.29) is 12.1 Å². The van der Waals surface area contributed by atoms with Crippen LogP contribution in [0.2, 0.25) is 0 Å². The van der Waals surface area contributed by atoms with E-state index in [1.165, 1.54) is 7.11 Å². The summed E-state index contributed by atoms with van der Waals surface area (Å²) in [5.41, 5.74) is 1.75. The lowest BCUT2D eigenvalue weighted by molar-refractivity contribution is 0.0772. The van der Waals surface area contributed by atoms with E-state index in [0.717, 1.165) is 24.1 Å². The van der Waals surface area contributed by atoms with Crippen molar-refractivity contribution in [3.8, 4) is 11.9 Å². The minimum atomic E-state index is 0.119. The molecule has 0 amide bonds. The number of rotatable bonds is 3. The third-order valence-corrected chi connectivity index (χ3v) is 3.18. The van der Waals surface area contributed by atoms with Crippen molar-refractivity contribution in [2.75, 3.05) is 34.0 Å². The van der Waals surface area contributed by atoms with E-state index < -0.39 is 0 Å². The summed E-state index contributed by atoms with van der Waals surface area (Å²) in [6.07, 6.45) is 1.91. The summed E-state index contributed by atoms with van der Waals surface area (Å²) in [7, 11) is 3.11. The molecular weight excluding hydrogens is 248 g/mol. The second-order valence-electron chi connectivity index (χ2n) is 4.27. The molecule has 1 saturated heterocycles. The average Bonchev–Trinajstić information content (AvgIpc) is 2.91. The van der Waals surface area contributed by atoms with Crippen LogP contribution in [0.3, 0.4) is 0 Å². The molecule has 1 fully saturated rings. The fraction of sp³-hybridized carbons (Fsp3) is 0.500. The Balaban J connectivity index is 2.10. The highest BCUT2D eigenvalue weighted by Crippen LogP contribution is 2.32. The van der Waals surface area contributed by atoms with Crippen molar-refractivity contribution in [2.45, 2.75) is 6.04 Å². The van der Waals surface area contributed by atoms with Crippen LogP contribution in [0.4, 0.5) is 0 Å². The molecule has 0 radical (unpaired) electrons. The molecule has 2 N–H and O–H groups in total. The lowest BCUT2D eigenvalue weighted by Gasteiger charge is -2.23. The summed E-state index contributed by atoms with van der Waals surface area (Å²) >= 11 is 0. The summed E-state index contributed by atoms with van der Waals surface area (Å²) in [5.74, 6) is 0.505. The van der Waals surface area contributed by atoms with E-state index in [2.05, 4.69) is 20.3 Å². The van der Waals surface area contributed by atoms with Crippen LogP contribution in [0.15, 0.2) is 6.20 Å². The number of fused-ring (bicyclic) bond motifs is 1. The zero-order valence-electron chi connectivity index (χ0n) is 10.9. The molecule has 102 valence electrons. The number of hydrogen-bond acceptors (Lipinski definition) is 6. The Kier molecular flexibility index (Phi) is 3.22. The lowest BCUT2D eigenvalue weighted by Crippen LogP contribution is -2.34. The number of aromatic amines is 1. The van der Waals surface area contributed by atoms with Gasteiger partial charge in [0.15, 0.2) is 0 Å². The lowest BCUT2D eigenvalue weighted by atomic mass is 10.1. The summed E-state index contributed by atoms with van der Waals surface area (Å²) in [6.45, 7) is 2.19. The first-order chi connectivity index (χ1) is 9.33. The standard InChI is InChI=1S/C12H16N4O3/c1-17-11-9-7(8-6-19-4-3-13-8)5-14-10(9)15-12(16-11)18-2/h5,8,13H,3-4,6H2,1-2H3,(H,14,15,16). The van der Waals surface area contributed by atoms with Gasteiger partial charge in [-0.15, -0.1) is 0 Å². The molecule has 1 aliphatic rings. The predicted molar refractivity (Wildman–Crippen MR) is 68.6 cm³/mol. The van der Waals surface area contributed by atoms with E-state index >= 15 is 0 Å². The fourth-order valence-electron chi connectivity index (χ4n) is 2.28. The summed E-state index contributed by atoms with van der Waals surface area (Å²) in [6, 6.07) is 0.402. The molecule has 1 atom stereocenters. The van der Waals surface area contributed by atoms with Gasteiger partial charge in [0.1, 0.15) is 5.65 Å². The Morgan fingerprint density at radius 1 is 1.32 bits per heavy atom. The topological polar surface area (TPSA) is 81.3 Å². The number of nitrogens with one attached hydrogen (secondary N) is 2. The maximum absolute atomic E-state index is 5.49. The Labute approximate surface area is 110 Å². The Hall–Kier alpha value is -1.86. The number of aromatic nitrogens is 3. The second-order valence-corrected chi connectivity index (χ2v) is 4.27. The molecule has 0 aromatic carbocycles. The van der Waals surface area contributed by atoms with Gasteiger partial charge in [0.2, 0.25) is 5.88 Å². The molecule has 0 saturated carbocycles. The number of H-pyrrole nitrogens is 1. The predicted octanol–water partition coefficient (Wildman–Crippen LogP) is 0.636. The summed E-state index contributed by atoms with van der Waals surface area (Å²) < 4.78 is 15.9.